The fourth-order valence-electron chi connectivity index (χ4n) is 0.310. The SMILES string of the molecule is CC(=O)OC(C)(N)N. The van der Waals surface area contributed by atoms with Crippen LogP contribution < -0.4 is 11.5 Å². The largest absolute Gasteiger partial charge is 0.431 e. The van der Waals surface area contributed by atoms with Gasteiger partial charge in [-0.05, 0) is 0 Å². The second-order valence-corrected chi connectivity index (χ2v) is 1.78. The topological polar surface area (TPSA) is 78.3 Å². The van der Waals surface area contributed by atoms with Gasteiger partial charge in [0.15, 0.2) is 0 Å². The van der Waals surface area contributed by atoms with E-state index in [-0.39, 0.29) is 0 Å². The van der Waals surface area contributed by atoms with Crippen LogP contribution in [0.15, 0.2) is 0 Å². The van der Waals surface area contributed by atoms with E-state index < -0.39 is 11.8 Å². The molecule has 0 rings (SSSR count). The third kappa shape index (κ3) is 5.39. The summed E-state index contributed by atoms with van der Waals surface area (Å²) < 4.78 is 4.35. The number of ether oxygens (including phenoxy) is 1. The summed E-state index contributed by atoms with van der Waals surface area (Å²) in [7, 11) is 0. The molecule has 0 aromatic heterocycles. The summed E-state index contributed by atoms with van der Waals surface area (Å²) in [4.78, 5) is 10.1. The smallest absolute Gasteiger partial charge is 0.305 e. The van der Waals surface area contributed by atoms with Crippen molar-refractivity contribution >= 4 is 5.97 Å². The van der Waals surface area contributed by atoms with Crippen LogP contribution in [-0.4, -0.2) is 11.8 Å². The van der Waals surface area contributed by atoms with Crippen LogP contribution >= 0.6 is 0 Å². The fraction of sp³-hybridized carbons (Fsp3) is 0.750. The van der Waals surface area contributed by atoms with Crippen molar-refractivity contribution in [3.63, 3.8) is 0 Å². The van der Waals surface area contributed by atoms with E-state index in [1.165, 1.54) is 13.8 Å². The maximum atomic E-state index is 10.1. The van der Waals surface area contributed by atoms with Crippen LogP contribution in [0.5, 0.6) is 0 Å². The maximum absolute atomic E-state index is 10.1. The highest BCUT2D eigenvalue weighted by molar-refractivity contribution is 5.66. The molecule has 4 heteroatoms. The lowest BCUT2D eigenvalue weighted by atomic mass is 10.5. The molecule has 4 N–H and O–H groups in total. The first-order chi connectivity index (χ1) is 3.42. The molecule has 0 aromatic carbocycles. The van der Waals surface area contributed by atoms with Gasteiger partial charge < -0.3 is 4.74 Å². The van der Waals surface area contributed by atoms with Gasteiger partial charge in [0.25, 0.3) is 0 Å². The minimum absolute atomic E-state index is 0.475. The summed E-state index contributed by atoms with van der Waals surface area (Å²) in [6.07, 6.45) is 0. The standard InChI is InChI=1S/C4H10N2O2/c1-3(7)8-4(2,5)6/h5-6H2,1-2H3. The maximum Gasteiger partial charge on any atom is 0.305 e. The van der Waals surface area contributed by atoms with Crippen LogP contribution in [0.25, 0.3) is 0 Å². The third-order valence-electron chi connectivity index (χ3n) is 0.364. The summed E-state index contributed by atoms with van der Waals surface area (Å²) in [5.74, 6) is -1.80. The molecule has 0 aliphatic rings. The minimum Gasteiger partial charge on any atom is -0.431 e. The molecule has 0 amide bonds. The molecule has 0 radical (unpaired) electrons. The zero-order chi connectivity index (χ0) is 6.78. The number of hydrogen-bond acceptors (Lipinski definition) is 4. The van der Waals surface area contributed by atoms with E-state index in [2.05, 4.69) is 4.74 Å². The number of carbonyl (C=O) groups is 1. The molecule has 0 spiro atoms. The molecule has 0 unspecified atom stereocenters. The van der Waals surface area contributed by atoms with Crippen LogP contribution in [-0.2, 0) is 9.53 Å². The summed E-state index contributed by atoms with van der Waals surface area (Å²) in [6.45, 7) is 2.65. The zero-order valence-electron chi connectivity index (χ0n) is 4.97. The van der Waals surface area contributed by atoms with Crippen molar-refractivity contribution in [2.45, 2.75) is 19.7 Å². The van der Waals surface area contributed by atoms with Gasteiger partial charge in [0.1, 0.15) is 0 Å². The van der Waals surface area contributed by atoms with Crippen LogP contribution in [0.1, 0.15) is 13.8 Å². The van der Waals surface area contributed by atoms with E-state index in [0.717, 1.165) is 0 Å². The lowest BCUT2D eigenvalue weighted by Crippen LogP contribution is -2.49. The summed E-state index contributed by atoms with van der Waals surface area (Å²) in [6, 6.07) is 0. The van der Waals surface area contributed by atoms with Gasteiger partial charge in [0, 0.05) is 13.8 Å². The Labute approximate surface area is 47.8 Å². The quantitative estimate of drug-likeness (QED) is 0.347. The van der Waals surface area contributed by atoms with Gasteiger partial charge in [-0.2, -0.15) is 0 Å². The van der Waals surface area contributed by atoms with Crippen LogP contribution in [0.4, 0.5) is 0 Å². The van der Waals surface area contributed by atoms with Crippen LogP contribution in [0.2, 0.25) is 0 Å². The molecule has 0 aliphatic heterocycles. The predicted molar refractivity (Wildman–Crippen MR) is 28.5 cm³/mol. The molecule has 0 saturated carbocycles. The summed E-state index contributed by atoms with van der Waals surface area (Å²) in [5.41, 5.74) is 10.1. The van der Waals surface area contributed by atoms with Gasteiger partial charge in [0.2, 0.25) is 5.85 Å². The first-order valence-electron chi connectivity index (χ1n) is 2.19. The summed E-state index contributed by atoms with van der Waals surface area (Å²) >= 11 is 0. The number of esters is 1. The minimum atomic E-state index is -1.33. The highest BCUT2D eigenvalue weighted by Gasteiger charge is 2.12. The van der Waals surface area contributed by atoms with Crippen molar-refractivity contribution in [3.8, 4) is 0 Å². The normalized spacial score (nSPS) is 11.0. The van der Waals surface area contributed by atoms with Crippen molar-refractivity contribution in [1.29, 1.82) is 0 Å². The van der Waals surface area contributed by atoms with Crippen molar-refractivity contribution in [3.05, 3.63) is 0 Å². The average Bonchev–Trinajstić information content (AvgIpc) is 1.21. The molecule has 0 fully saturated rings. The summed E-state index contributed by atoms with van der Waals surface area (Å²) in [5, 5.41) is 0. The Bertz CT molecular complexity index is 94.7. The van der Waals surface area contributed by atoms with Crippen molar-refractivity contribution < 1.29 is 9.53 Å². The molecule has 0 aromatic rings. The molecule has 4 nitrogen and oxygen atoms in total. The Morgan fingerprint density at radius 1 is 1.62 bits per heavy atom. The number of rotatable bonds is 1. The van der Waals surface area contributed by atoms with Crippen LogP contribution in [0.3, 0.4) is 0 Å². The van der Waals surface area contributed by atoms with E-state index in [4.69, 9.17) is 11.5 Å². The first kappa shape index (κ1) is 7.39. The monoisotopic (exact) mass is 118 g/mol. The highest BCUT2D eigenvalue weighted by atomic mass is 16.6. The molecule has 0 saturated heterocycles. The van der Waals surface area contributed by atoms with Gasteiger partial charge in [0.05, 0.1) is 0 Å². The second kappa shape index (κ2) is 2.11. The molecule has 48 valence electrons. The van der Waals surface area contributed by atoms with E-state index >= 15 is 0 Å². The Morgan fingerprint density at radius 3 is 2.00 bits per heavy atom. The van der Waals surface area contributed by atoms with Crippen LogP contribution in [0, 0.1) is 0 Å². The van der Waals surface area contributed by atoms with E-state index in [1.54, 1.807) is 0 Å². The molecule has 8 heavy (non-hydrogen) atoms. The van der Waals surface area contributed by atoms with E-state index in [9.17, 15) is 4.79 Å². The molecular formula is C4H10N2O2. The molecule has 0 atom stereocenters. The lowest BCUT2D eigenvalue weighted by molar-refractivity contribution is -0.154. The van der Waals surface area contributed by atoms with Gasteiger partial charge >= 0.3 is 5.97 Å². The third-order valence-corrected chi connectivity index (χ3v) is 0.364. The number of carbonyl (C=O) groups excluding carboxylic acids is 1. The van der Waals surface area contributed by atoms with Crippen molar-refractivity contribution in [2.75, 3.05) is 0 Å². The molecule has 0 heterocycles. The predicted octanol–water partition coefficient (Wildman–Crippen LogP) is -0.859. The van der Waals surface area contributed by atoms with E-state index in [1.807, 2.05) is 0 Å². The Morgan fingerprint density at radius 2 is 2.00 bits per heavy atom. The Kier molecular flexibility index (Phi) is 1.94. The number of nitrogens with two attached hydrogens (primary N) is 2. The van der Waals surface area contributed by atoms with Gasteiger partial charge in [-0.1, -0.05) is 0 Å². The van der Waals surface area contributed by atoms with Crippen molar-refractivity contribution in [2.24, 2.45) is 11.5 Å². The average molecular weight is 118 g/mol. The second-order valence-electron chi connectivity index (χ2n) is 1.78. The molecule has 0 aliphatic carbocycles. The Balaban J connectivity index is 3.55. The van der Waals surface area contributed by atoms with E-state index in [0.29, 0.717) is 0 Å². The number of hydrogen-bond donors (Lipinski definition) is 2. The first-order valence-corrected chi connectivity index (χ1v) is 2.19. The zero-order valence-corrected chi connectivity index (χ0v) is 4.97. The van der Waals surface area contributed by atoms with Gasteiger partial charge in [-0.3, -0.25) is 16.3 Å². The molecular weight excluding hydrogens is 108 g/mol. The lowest BCUT2D eigenvalue weighted by Gasteiger charge is -2.16. The Hall–Kier alpha value is -0.610. The molecule has 0 bridgehead atoms. The fourth-order valence-corrected chi connectivity index (χ4v) is 0.310. The van der Waals surface area contributed by atoms with Gasteiger partial charge in [-0.15, -0.1) is 0 Å². The van der Waals surface area contributed by atoms with Crippen molar-refractivity contribution in [1.82, 2.24) is 0 Å². The van der Waals surface area contributed by atoms with Gasteiger partial charge in [-0.25, -0.2) is 0 Å². The highest BCUT2D eigenvalue weighted by Crippen LogP contribution is 1.89.